The fraction of sp³-hybridized carbons (Fsp3) is 0.250. The molecule has 2 aromatic carbocycles. The van der Waals surface area contributed by atoms with Gasteiger partial charge in [-0.2, -0.15) is 0 Å². The van der Waals surface area contributed by atoms with E-state index >= 15 is 0 Å². The Balaban J connectivity index is 1.58. The Labute approximate surface area is 204 Å². The molecule has 0 saturated carbocycles. The molecule has 4 rings (SSSR count). The van der Waals surface area contributed by atoms with Crippen LogP contribution in [-0.4, -0.2) is 29.3 Å². The van der Waals surface area contributed by atoms with E-state index in [1.807, 2.05) is 36.4 Å². The highest BCUT2D eigenvalue weighted by Crippen LogP contribution is 2.37. The van der Waals surface area contributed by atoms with Gasteiger partial charge in [0.15, 0.2) is 0 Å². The van der Waals surface area contributed by atoms with Crippen molar-refractivity contribution in [2.75, 3.05) is 6.61 Å². The maximum atomic E-state index is 13.2. The molecule has 0 spiro atoms. The number of nitrogens with zero attached hydrogens (tertiary/aromatic N) is 1. The van der Waals surface area contributed by atoms with E-state index < -0.39 is 5.97 Å². The van der Waals surface area contributed by atoms with Gasteiger partial charge in [-0.3, -0.25) is 9.59 Å². The zero-order valence-electron chi connectivity index (χ0n) is 19.8. The van der Waals surface area contributed by atoms with Crippen molar-refractivity contribution in [3.05, 3.63) is 107 Å². The zero-order valence-corrected chi connectivity index (χ0v) is 19.8. The van der Waals surface area contributed by atoms with Crippen molar-refractivity contribution in [3.8, 4) is 0 Å². The zero-order chi connectivity index (χ0) is 24.8. The van der Waals surface area contributed by atoms with Gasteiger partial charge in [0.1, 0.15) is 5.76 Å². The predicted octanol–water partition coefficient (Wildman–Crippen LogP) is 4.56. The number of furan rings is 1. The summed E-state index contributed by atoms with van der Waals surface area (Å²) < 4.78 is 10.6. The van der Waals surface area contributed by atoms with Crippen LogP contribution in [0.2, 0.25) is 0 Å². The molecule has 35 heavy (non-hydrogen) atoms. The third-order valence-electron chi connectivity index (χ3n) is 6.05. The van der Waals surface area contributed by atoms with Crippen LogP contribution in [0, 0.1) is 0 Å². The lowest BCUT2D eigenvalue weighted by atomic mass is 9.83. The maximum Gasteiger partial charge on any atom is 0.336 e. The minimum Gasteiger partial charge on any atom is -0.467 e. The SMILES string of the molecule is CCOC(=O)C1=C(C)N(Cc2cccc(C(=O)NCc3ccco3)c2)C(=O)CC1c1ccccc1. The van der Waals surface area contributed by atoms with Gasteiger partial charge in [0.25, 0.3) is 5.91 Å². The average molecular weight is 473 g/mol. The molecule has 0 bridgehead atoms. The molecule has 1 unspecified atom stereocenters. The molecule has 1 N–H and O–H groups in total. The summed E-state index contributed by atoms with van der Waals surface area (Å²) in [7, 11) is 0. The summed E-state index contributed by atoms with van der Waals surface area (Å²) in [5.41, 5.74) is 3.22. The van der Waals surface area contributed by atoms with E-state index in [1.54, 1.807) is 55.3 Å². The second-order valence-corrected chi connectivity index (χ2v) is 8.33. The van der Waals surface area contributed by atoms with Crippen molar-refractivity contribution < 1.29 is 23.5 Å². The summed E-state index contributed by atoms with van der Waals surface area (Å²) in [6.45, 7) is 4.32. The largest absolute Gasteiger partial charge is 0.467 e. The monoisotopic (exact) mass is 472 g/mol. The summed E-state index contributed by atoms with van der Waals surface area (Å²) in [6, 6.07) is 20.2. The normalized spacial score (nSPS) is 15.8. The highest BCUT2D eigenvalue weighted by atomic mass is 16.5. The molecule has 0 saturated heterocycles. The van der Waals surface area contributed by atoms with Gasteiger partial charge in [-0.25, -0.2) is 4.79 Å². The molecule has 7 heteroatoms. The summed E-state index contributed by atoms with van der Waals surface area (Å²) in [4.78, 5) is 40.4. The molecule has 1 aromatic heterocycles. The molecule has 1 aliphatic rings. The van der Waals surface area contributed by atoms with Crippen molar-refractivity contribution in [2.45, 2.75) is 39.3 Å². The van der Waals surface area contributed by atoms with Crippen LogP contribution in [0.1, 0.15) is 53.4 Å². The van der Waals surface area contributed by atoms with Crippen LogP contribution in [0.3, 0.4) is 0 Å². The van der Waals surface area contributed by atoms with Crippen molar-refractivity contribution >= 4 is 17.8 Å². The number of hydrogen-bond donors (Lipinski definition) is 1. The van der Waals surface area contributed by atoms with E-state index in [0.29, 0.717) is 22.6 Å². The fourth-order valence-electron chi connectivity index (χ4n) is 4.32. The van der Waals surface area contributed by atoms with Crippen LogP contribution in [0.15, 0.2) is 88.7 Å². The topological polar surface area (TPSA) is 88.8 Å². The van der Waals surface area contributed by atoms with Crippen LogP contribution >= 0.6 is 0 Å². The Morgan fingerprint density at radius 2 is 1.89 bits per heavy atom. The molecule has 0 radical (unpaired) electrons. The highest BCUT2D eigenvalue weighted by molar-refractivity contribution is 5.96. The van der Waals surface area contributed by atoms with E-state index in [2.05, 4.69) is 5.32 Å². The lowest BCUT2D eigenvalue weighted by Crippen LogP contribution is -2.38. The molecular weight excluding hydrogens is 444 g/mol. The van der Waals surface area contributed by atoms with E-state index in [4.69, 9.17) is 9.15 Å². The first-order chi connectivity index (χ1) is 17.0. The fourth-order valence-corrected chi connectivity index (χ4v) is 4.32. The van der Waals surface area contributed by atoms with Gasteiger partial charge in [0.2, 0.25) is 5.91 Å². The number of ether oxygens (including phenoxy) is 1. The van der Waals surface area contributed by atoms with Gasteiger partial charge in [-0.1, -0.05) is 42.5 Å². The predicted molar refractivity (Wildman–Crippen MR) is 130 cm³/mol. The molecule has 3 aromatic rings. The van der Waals surface area contributed by atoms with Gasteiger partial charge in [-0.15, -0.1) is 0 Å². The Kier molecular flexibility index (Phi) is 7.45. The van der Waals surface area contributed by atoms with Crippen LogP contribution in [0.5, 0.6) is 0 Å². The van der Waals surface area contributed by atoms with E-state index in [-0.39, 0.29) is 43.8 Å². The number of carbonyl (C=O) groups is 3. The second-order valence-electron chi connectivity index (χ2n) is 8.33. The van der Waals surface area contributed by atoms with E-state index in [0.717, 1.165) is 11.1 Å². The van der Waals surface area contributed by atoms with Gasteiger partial charge in [0.05, 0.1) is 31.5 Å². The molecule has 1 aliphatic heterocycles. The lowest BCUT2D eigenvalue weighted by molar-refractivity contribution is -0.140. The van der Waals surface area contributed by atoms with E-state index in [9.17, 15) is 14.4 Å². The standard InChI is InChI=1S/C28H28N2O5/c1-3-34-28(33)26-19(2)30(25(31)16-24(26)21-10-5-4-6-11-21)18-20-9-7-12-22(15-20)27(32)29-17-23-13-8-14-35-23/h4-15,24H,3,16-18H2,1-2H3,(H,29,32). The number of amides is 2. The van der Waals surface area contributed by atoms with Crippen LogP contribution in [0.25, 0.3) is 0 Å². The van der Waals surface area contributed by atoms with Gasteiger partial charge < -0.3 is 19.4 Å². The number of allylic oxidation sites excluding steroid dienone is 1. The second kappa shape index (κ2) is 10.9. The summed E-state index contributed by atoms with van der Waals surface area (Å²) >= 11 is 0. The number of esters is 1. The van der Waals surface area contributed by atoms with Gasteiger partial charge >= 0.3 is 5.97 Å². The lowest BCUT2D eigenvalue weighted by Gasteiger charge is -2.34. The van der Waals surface area contributed by atoms with Crippen molar-refractivity contribution in [3.63, 3.8) is 0 Å². The van der Waals surface area contributed by atoms with Crippen LogP contribution in [-0.2, 0) is 27.4 Å². The van der Waals surface area contributed by atoms with Crippen molar-refractivity contribution in [1.82, 2.24) is 10.2 Å². The number of hydrogen-bond acceptors (Lipinski definition) is 5. The first-order valence-electron chi connectivity index (χ1n) is 11.6. The third-order valence-corrected chi connectivity index (χ3v) is 6.05. The van der Waals surface area contributed by atoms with Gasteiger partial charge in [-0.05, 0) is 49.2 Å². The van der Waals surface area contributed by atoms with Crippen molar-refractivity contribution in [2.24, 2.45) is 0 Å². The summed E-state index contributed by atoms with van der Waals surface area (Å²) in [5.74, 6) is -0.442. The quantitative estimate of drug-likeness (QED) is 0.486. The number of rotatable bonds is 8. The maximum absolute atomic E-state index is 13.2. The van der Waals surface area contributed by atoms with Crippen LogP contribution in [0.4, 0.5) is 0 Å². The number of benzene rings is 2. The molecule has 180 valence electrons. The van der Waals surface area contributed by atoms with Crippen LogP contribution < -0.4 is 5.32 Å². The molecular formula is C28H28N2O5. The first kappa shape index (κ1) is 24.0. The molecule has 2 heterocycles. The molecule has 1 atom stereocenters. The summed E-state index contributed by atoms with van der Waals surface area (Å²) in [5, 5.41) is 2.83. The van der Waals surface area contributed by atoms with Gasteiger partial charge in [0, 0.05) is 23.6 Å². The Morgan fingerprint density at radius 3 is 2.60 bits per heavy atom. The Bertz CT molecular complexity index is 1230. The summed E-state index contributed by atoms with van der Waals surface area (Å²) in [6.07, 6.45) is 1.72. The number of nitrogens with one attached hydrogen (secondary N) is 1. The molecule has 0 fully saturated rings. The third kappa shape index (κ3) is 5.51. The molecule has 0 aliphatic carbocycles. The molecule has 7 nitrogen and oxygen atoms in total. The average Bonchev–Trinajstić information content (AvgIpc) is 3.39. The minimum absolute atomic E-state index is 0.0860. The smallest absolute Gasteiger partial charge is 0.336 e. The number of carbonyl (C=O) groups excluding carboxylic acids is 3. The highest BCUT2D eigenvalue weighted by Gasteiger charge is 2.36. The molecule has 2 amide bonds. The first-order valence-corrected chi connectivity index (χ1v) is 11.6. The Hall–Kier alpha value is -4.13. The minimum atomic E-state index is -0.414. The van der Waals surface area contributed by atoms with E-state index in [1.165, 1.54) is 0 Å². The van der Waals surface area contributed by atoms with Crippen molar-refractivity contribution in [1.29, 1.82) is 0 Å². The Morgan fingerprint density at radius 1 is 1.09 bits per heavy atom.